The Labute approximate surface area is 117 Å². The number of carbonyl (C=O) groups is 2. The first kappa shape index (κ1) is 15.2. The number of hydrogen-bond acceptors (Lipinski definition) is 2. The number of nitrogens with zero attached hydrogens (tertiary/aromatic N) is 1. The van der Waals surface area contributed by atoms with Crippen molar-refractivity contribution in [2.45, 2.75) is 64.0 Å². The van der Waals surface area contributed by atoms with Gasteiger partial charge in [-0.05, 0) is 32.6 Å². The van der Waals surface area contributed by atoms with Gasteiger partial charge in [-0.25, -0.2) is 8.78 Å². The summed E-state index contributed by atoms with van der Waals surface area (Å²) in [5.74, 6) is -0.619. The van der Waals surface area contributed by atoms with E-state index in [0.29, 0.717) is 0 Å². The Morgan fingerprint density at radius 1 is 1.25 bits per heavy atom. The van der Waals surface area contributed by atoms with Crippen LogP contribution in [0.4, 0.5) is 8.78 Å². The van der Waals surface area contributed by atoms with E-state index in [9.17, 15) is 18.4 Å². The maximum absolute atomic E-state index is 12.7. The first-order valence-corrected chi connectivity index (χ1v) is 7.24. The van der Waals surface area contributed by atoms with Crippen LogP contribution in [-0.2, 0) is 9.59 Å². The van der Waals surface area contributed by atoms with Crippen LogP contribution in [0.15, 0.2) is 0 Å². The lowest BCUT2D eigenvalue weighted by Crippen LogP contribution is -2.70. The van der Waals surface area contributed by atoms with Gasteiger partial charge in [-0.1, -0.05) is 19.3 Å². The normalized spacial score (nSPS) is 27.9. The quantitative estimate of drug-likeness (QED) is 0.863. The van der Waals surface area contributed by atoms with Crippen molar-refractivity contribution in [2.75, 3.05) is 6.54 Å². The predicted molar refractivity (Wildman–Crippen MR) is 70.3 cm³/mol. The van der Waals surface area contributed by atoms with Crippen molar-refractivity contribution >= 4 is 11.8 Å². The fourth-order valence-electron chi connectivity index (χ4n) is 3.19. The van der Waals surface area contributed by atoms with Gasteiger partial charge in [-0.2, -0.15) is 0 Å². The lowest BCUT2D eigenvalue weighted by molar-refractivity contribution is -0.159. The monoisotopic (exact) mass is 288 g/mol. The van der Waals surface area contributed by atoms with Crippen LogP contribution in [0.25, 0.3) is 0 Å². The van der Waals surface area contributed by atoms with Crippen molar-refractivity contribution in [3.8, 4) is 0 Å². The van der Waals surface area contributed by atoms with Crippen LogP contribution in [0.5, 0.6) is 0 Å². The van der Waals surface area contributed by atoms with Crippen LogP contribution in [-0.4, -0.2) is 41.3 Å². The first-order chi connectivity index (χ1) is 9.34. The second kappa shape index (κ2) is 5.66. The van der Waals surface area contributed by atoms with Crippen molar-refractivity contribution in [1.82, 2.24) is 10.2 Å². The zero-order chi connectivity index (χ0) is 14.9. The molecule has 2 rings (SSSR count). The number of amides is 2. The minimum atomic E-state index is -2.63. The molecule has 0 spiro atoms. The molecule has 0 aromatic carbocycles. The Balaban J connectivity index is 2.20. The Kier molecular flexibility index (Phi) is 4.30. The molecule has 0 radical (unpaired) electrons. The molecule has 0 bridgehead atoms. The highest BCUT2D eigenvalue weighted by molar-refractivity contribution is 5.99. The van der Waals surface area contributed by atoms with Gasteiger partial charge in [-0.15, -0.1) is 0 Å². The molecule has 2 amide bonds. The van der Waals surface area contributed by atoms with E-state index >= 15 is 0 Å². The SMILES string of the molecule is CC1(C)C(=O)NC(C2CCCCC2)C(=O)N1CC(F)F. The summed E-state index contributed by atoms with van der Waals surface area (Å²) in [6, 6.07) is -0.630. The summed E-state index contributed by atoms with van der Waals surface area (Å²) in [4.78, 5) is 25.7. The number of halogens is 2. The van der Waals surface area contributed by atoms with E-state index in [0.717, 1.165) is 37.0 Å². The minimum Gasteiger partial charge on any atom is -0.342 e. The van der Waals surface area contributed by atoms with E-state index in [1.807, 2.05) is 0 Å². The number of piperazine rings is 1. The van der Waals surface area contributed by atoms with Crippen molar-refractivity contribution in [1.29, 1.82) is 0 Å². The molecule has 6 heteroatoms. The fraction of sp³-hybridized carbons (Fsp3) is 0.857. The number of alkyl halides is 2. The first-order valence-electron chi connectivity index (χ1n) is 7.24. The van der Waals surface area contributed by atoms with Gasteiger partial charge in [0.1, 0.15) is 11.6 Å². The van der Waals surface area contributed by atoms with Crippen molar-refractivity contribution in [3.05, 3.63) is 0 Å². The van der Waals surface area contributed by atoms with E-state index in [1.54, 1.807) is 0 Å². The van der Waals surface area contributed by atoms with Crippen molar-refractivity contribution in [3.63, 3.8) is 0 Å². The summed E-state index contributed by atoms with van der Waals surface area (Å²) in [6.07, 6.45) is 2.32. The Hall–Kier alpha value is -1.20. The zero-order valence-corrected chi connectivity index (χ0v) is 12.0. The molecule has 1 unspecified atom stereocenters. The average Bonchev–Trinajstić information content (AvgIpc) is 2.40. The highest BCUT2D eigenvalue weighted by Gasteiger charge is 2.49. The van der Waals surface area contributed by atoms with Crippen LogP contribution < -0.4 is 5.32 Å². The second-order valence-corrected chi connectivity index (χ2v) is 6.25. The topological polar surface area (TPSA) is 49.4 Å². The zero-order valence-electron chi connectivity index (χ0n) is 12.0. The second-order valence-electron chi connectivity index (χ2n) is 6.25. The molecular weight excluding hydrogens is 266 g/mol. The van der Waals surface area contributed by atoms with Gasteiger partial charge in [0, 0.05) is 0 Å². The highest BCUT2D eigenvalue weighted by Crippen LogP contribution is 2.31. The smallest absolute Gasteiger partial charge is 0.255 e. The molecule has 1 atom stereocenters. The molecule has 2 fully saturated rings. The maximum atomic E-state index is 12.7. The van der Waals surface area contributed by atoms with Crippen LogP contribution in [0, 0.1) is 5.92 Å². The Morgan fingerprint density at radius 2 is 1.85 bits per heavy atom. The third-order valence-corrected chi connectivity index (χ3v) is 4.49. The molecule has 0 aromatic rings. The molecule has 1 saturated heterocycles. The number of nitrogens with one attached hydrogen (secondary N) is 1. The third kappa shape index (κ3) is 2.79. The summed E-state index contributed by atoms with van der Waals surface area (Å²) < 4.78 is 25.4. The van der Waals surface area contributed by atoms with Crippen LogP contribution in [0.2, 0.25) is 0 Å². The van der Waals surface area contributed by atoms with Crippen molar-refractivity contribution < 1.29 is 18.4 Å². The van der Waals surface area contributed by atoms with E-state index in [2.05, 4.69) is 5.32 Å². The van der Waals surface area contributed by atoms with Gasteiger partial charge in [0.15, 0.2) is 0 Å². The van der Waals surface area contributed by atoms with E-state index in [1.165, 1.54) is 13.8 Å². The molecule has 0 aromatic heterocycles. The van der Waals surface area contributed by atoms with Crippen molar-refractivity contribution in [2.24, 2.45) is 5.92 Å². The van der Waals surface area contributed by atoms with E-state index in [4.69, 9.17) is 0 Å². The molecule has 1 aliphatic heterocycles. The maximum Gasteiger partial charge on any atom is 0.255 e. The molecule has 4 nitrogen and oxygen atoms in total. The Bertz CT molecular complexity index is 393. The summed E-state index contributed by atoms with van der Waals surface area (Å²) >= 11 is 0. The van der Waals surface area contributed by atoms with Gasteiger partial charge in [0.25, 0.3) is 6.43 Å². The minimum absolute atomic E-state index is 0.0801. The molecule has 20 heavy (non-hydrogen) atoms. The van der Waals surface area contributed by atoms with Gasteiger partial charge in [-0.3, -0.25) is 9.59 Å². The standard InChI is InChI=1S/C14H22F2N2O2/c1-14(2)13(20)17-11(9-6-4-3-5-7-9)12(19)18(14)8-10(15)16/h9-11H,3-8H2,1-2H3,(H,17,20). The highest BCUT2D eigenvalue weighted by atomic mass is 19.3. The molecule has 1 heterocycles. The fourth-order valence-corrected chi connectivity index (χ4v) is 3.19. The van der Waals surface area contributed by atoms with Gasteiger partial charge < -0.3 is 10.2 Å². The molecule has 1 saturated carbocycles. The molecule has 114 valence electrons. The number of carbonyl (C=O) groups excluding carboxylic acids is 2. The van der Waals surface area contributed by atoms with Crippen LogP contribution in [0.1, 0.15) is 46.0 Å². The molecule has 2 aliphatic rings. The van der Waals surface area contributed by atoms with Crippen LogP contribution in [0.3, 0.4) is 0 Å². The van der Waals surface area contributed by atoms with Gasteiger partial charge in [0.2, 0.25) is 11.8 Å². The van der Waals surface area contributed by atoms with E-state index in [-0.39, 0.29) is 17.7 Å². The molecular formula is C14H22F2N2O2. The summed E-state index contributed by atoms with van der Waals surface area (Å²) in [7, 11) is 0. The molecule has 1 N–H and O–H groups in total. The number of hydrogen-bond donors (Lipinski definition) is 1. The number of rotatable bonds is 3. The summed E-state index contributed by atoms with van der Waals surface area (Å²) in [5, 5.41) is 2.75. The Morgan fingerprint density at radius 3 is 2.40 bits per heavy atom. The summed E-state index contributed by atoms with van der Waals surface area (Å²) in [6.45, 7) is 2.35. The lowest BCUT2D eigenvalue weighted by atomic mass is 9.81. The lowest BCUT2D eigenvalue weighted by Gasteiger charge is -2.46. The van der Waals surface area contributed by atoms with E-state index < -0.39 is 24.6 Å². The summed E-state index contributed by atoms with van der Waals surface area (Å²) in [5.41, 5.74) is -1.21. The molecule has 1 aliphatic carbocycles. The average molecular weight is 288 g/mol. The van der Waals surface area contributed by atoms with Gasteiger partial charge in [0.05, 0.1) is 6.54 Å². The largest absolute Gasteiger partial charge is 0.342 e. The third-order valence-electron chi connectivity index (χ3n) is 4.49. The predicted octanol–water partition coefficient (Wildman–Crippen LogP) is 1.94. The van der Waals surface area contributed by atoms with Crippen LogP contribution >= 0.6 is 0 Å². The van der Waals surface area contributed by atoms with Gasteiger partial charge >= 0.3 is 0 Å².